The molecule has 2 rings (SSSR count). The number of ether oxygens (including phenoxy) is 1. The molecule has 0 saturated carbocycles. The lowest BCUT2D eigenvalue weighted by Gasteiger charge is -2.22. The Hall–Kier alpha value is -1.32. The van der Waals surface area contributed by atoms with E-state index in [0.29, 0.717) is 6.04 Å². The molecule has 0 unspecified atom stereocenters. The summed E-state index contributed by atoms with van der Waals surface area (Å²) in [6.07, 6.45) is 5.65. The minimum Gasteiger partial charge on any atom is -0.492 e. The van der Waals surface area contributed by atoms with Gasteiger partial charge in [0.25, 0.3) is 0 Å². The van der Waals surface area contributed by atoms with Crippen molar-refractivity contribution in [1.82, 2.24) is 10.2 Å². The molecular weight excluding hydrogens is 248 g/mol. The van der Waals surface area contributed by atoms with Crippen molar-refractivity contribution in [2.75, 3.05) is 26.2 Å². The molecule has 1 aliphatic rings. The largest absolute Gasteiger partial charge is 0.492 e. The van der Waals surface area contributed by atoms with Crippen LogP contribution < -0.4 is 10.1 Å². The van der Waals surface area contributed by atoms with Gasteiger partial charge in [0.2, 0.25) is 0 Å². The maximum Gasteiger partial charge on any atom is 0.119 e. The van der Waals surface area contributed by atoms with Gasteiger partial charge in [0.05, 0.1) is 0 Å². The first kappa shape index (κ1) is 15.1. The van der Waals surface area contributed by atoms with Crippen molar-refractivity contribution in [2.24, 2.45) is 0 Å². The number of nitrogens with zero attached hydrogens (tertiary/aromatic N) is 1. The molecule has 110 valence electrons. The average Bonchev–Trinajstić information content (AvgIpc) is 2.47. The van der Waals surface area contributed by atoms with E-state index in [9.17, 15) is 0 Å². The van der Waals surface area contributed by atoms with Gasteiger partial charge < -0.3 is 10.1 Å². The molecule has 1 aromatic carbocycles. The van der Waals surface area contributed by atoms with Gasteiger partial charge in [-0.05, 0) is 24.1 Å². The van der Waals surface area contributed by atoms with Crippen molar-refractivity contribution < 1.29 is 4.74 Å². The minimum absolute atomic E-state index is 0.506. The molecule has 1 N–H and O–H groups in total. The third-order valence-corrected chi connectivity index (χ3v) is 3.43. The van der Waals surface area contributed by atoms with Crippen LogP contribution in [0.3, 0.4) is 0 Å². The topological polar surface area (TPSA) is 24.5 Å². The van der Waals surface area contributed by atoms with Gasteiger partial charge in [-0.2, -0.15) is 0 Å². The zero-order valence-corrected chi connectivity index (χ0v) is 12.6. The van der Waals surface area contributed by atoms with Gasteiger partial charge in [-0.3, -0.25) is 4.90 Å². The van der Waals surface area contributed by atoms with Gasteiger partial charge in [-0.15, -0.1) is 0 Å². The normalized spacial score (nSPS) is 15.8. The zero-order valence-electron chi connectivity index (χ0n) is 12.6. The molecule has 0 amide bonds. The van der Waals surface area contributed by atoms with Crippen molar-refractivity contribution in [1.29, 1.82) is 0 Å². The predicted octanol–water partition coefficient (Wildman–Crippen LogP) is 2.83. The summed E-state index contributed by atoms with van der Waals surface area (Å²) in [5.41, 5.74) is 1.28. The van der Waals surface area contributed by atoms with E-state index in [4.69, 9.17) is 4.74 Å². The van der Waals surface area contributed by atoms with E-state index in [1.165, 1.54) is 5.56 Å². The Morgan fingerprint density at radius 3 is 2.95 bits per heavy atom. The van der Waals surface area contributed by atoms with Crippen molar-refractivity contribution in [3.8, 4) is 5.75 Å². The van der Waals surface area contributed by atoms with Crippen LogP contribution in [0.5, 0.6) is 5.75 Å². The summed E-state index contributed by atoms with van der Waals surface area (Å²) in [5, 5.41) is 3.43. The van der Waals surface area contributed by atoms with E-state index >= 15 is 0 Å². The van der Waals surface area contributed by atoms with Crippen LogP contribution in [0.2, 0.25) is 0 Å². The van der Waals surface area contributed by atoms with E-state index in [1.807, 2.05) is 6.07 Å². The molecular formula is C17H26N2O. The van der Waals surface area contributed by atoms with Crippen LogP contribution in [0.1, 0.15) is 25.8 Å². The fourth-order valence-corrected chi connectivity index (χ4v) is 2.25. The highest BCUT2D eigenvalue weighted by atomic mass is 16.5. The summed E-state index contributed by atoms with van der Waals surface area (Å²) in [4.78, 5) is 2.42. The van der Waals surface area contributed by atoms with E-state index in [-0.39, 0.29) is 0 Å². The number of rotatable bonds is 7. The first-order valence-corrected chi connectivity index (χ1v) is 7.56. The molecule has 3 nitrogen and oxygen atoms in total. The van der Waals surface area contributed by atoms with E-state index in [1.54, 1.807) is 0 Å². The lowest BCUT2D eigenvalue weighted by molar-refractivity contribution is 0.221. The molecule has 0 saturated heterocycles. The molecule has 0 aromatic heterocycles. The summed E-state index contributed by atoms with van der Waals surface area (Å²) in [5.74, 6) is 0.973. The molecule has 1 heterocycles. The highest BCUT2D eigenvalue weighted by molar-refractivity contribution is 5.28. The Labute approximate surface area is 122 Å². The second-order valence-electron chi connectivity index (χ2n) is 5.59. The lowest BCUT2D eigenvalue weighted by Crippen LogP contribution is -2.31. The van der Waals surface area contributed by atoms with Crippen LogP contribution in [-0.4, -0.2) is 37.2 Å². The number of hydrogen-bond donors (Lipinski definition) is 1. The van der Waals surface area contributed by atoms with Crippen LogP contribution in [0.4, 0.5) is 0 Å². The second kappa shape index (κ2) is 8.08. The molecule has 0 fully saturated rings. The molecule has 0 spiro atoms. The van der Waals surface area contributed by atoms with Gasteiger partial charge in [0.1, 0.15) is 12.4 Å². The smallest absolute Gasteiger partial charge is 0.119 e. The third kappa shape index (κ3) is 5.35. The Morgan fingerprint density at radius 2 is 2.20 bits per heavy atom. The molecule has 0 aliphatic carbocycles. The molecule has 1 aromatic rings. The first-order valence-electron chi connectivity index (χ1n) is 7.56. The quantitative estimate of drug-likeness (QED) is 0.774. The standard InChI is InChI=1S/C17H26N2O/c1-15(2)18-14-16-7-6-8-17(13-16)20-12-11-19-9-4-3-5-10-19/h3-4,6-8,13,15,18H,5,9-12,14H2,1-2H3. The maximum atomic E-state index is 5.86. The summed E-state index contributed by atoms with van der Waals surface area (Å²) in [6.45, 7) is 9.18. The monoisotopic (exact) mass is 274 g/mol. The Kier molecular flexibility index (Phi) is 6.09. The Morgan fingerprint density at radius 1 is 1.30 bits per heavy atom. The van der Waals surface area contributed by atoms with Crippen molar-refractivity contribution in [3.05, 3.63) is 42.0 Å². The number of hydrogen-bond acceptors (Lipinski definition) is 3. The predicted molar refractivity (Wildman–Crippen MR) is 84.1 cm³/mol. The van der Waals surface area contributed by atoms with Crippen LogP contribution in [0.25, 0.3) is 0 Å². The summed E-state index contributed by atoms with van der Waals surface area (Å²) < 4.78 is 5.86. The van der Waals surface area contributed by atoms with E-state index < -0.39 is 0 Å². The van der Waals surface area contributed by atoms with Gasteiger partial charge in [0.15, 0.2) is 0 Å². The molecule has 3 heteroatoms. The van der Waals surface area contributed by atoms with Gasteiger partial charge >= 0.3 is 0 Å². The molecule has 0 atom stereocenters. The Bertz CT molecular complexity index is 429. The molecule has 0 bridgehead atoms. The average molecular weight is 274 g/mol. The van der Waals surface area contributed by atoms with E-state index in [2.05, 4.69) is 54.4 Å². The third-order valence-electron chi connectivity index (χ3n) is 3.43. The minimum atomic E-state index is 0.506. The summed E-state index contributed by atoms with van der Waals surface area (Å²) >= 11 is 0. The SMILES string of the molecule is CC(C)NCc1cccc(OCCN2CC=CCC2)c1. The van der Waals surface area contributed by atoms with Crippen molar-refractivity contribution in [3.63, 3.8) is 0 Å². The summed E-state index contributed by atoms with van der Waals surface area (Å²) in [7, 11) is 0. The zero-order chi connectivity index (χ0) is 14.2. The van der Waals surface area contributed by atoms with Crippen LogP contribution in [0.15, 0.2) is 36.4 Å². The van der Waals surface area contributed by atoms with E-state index in [0.717, 1.165) is 45.0 Å². The molecule has 0 radical (unpaired) electrons. The molecule has 1 aliphatic heterocycles. The van der Waals surface area contributed by atoms with Crippen molar-refractivity contribution >= 4 is 0 Å². The summed E-state index contributed by atoms with van der Waals surface area (Å²) in [6, 6.07) is 8.88. The van der Waals surface area contributed by atoms with Gasteiger partial charge in [-0.25, -0.2) is 0 Å². The second-order valence-corrected chi connectivity index (χ2v) is 5.59. The lowest BCUT2D eigenvalue weighted by atomic mass is 10.2. The highest BCUT2D eigenvalue weighted by Crippen LogP contribution is 2.13. The van der Waals surface area contributed by atoms with Gasteiger partial charge in [0, 0.05) is 32.2 Å². The fraction of sp³-hybridized carbons (Fsp3) is 0.529. The van der Waals surface area contributed by atoms with Crippen LogP contribution in [0, 0.1) is 0 Å². The first-order chi connectivity index (χ1) is 9.74. The maximum absolute atomic E-state index is 5.86. The number of nitrogens with one attached hydrogen (secondary N) is 1. The van der Waals surface area contributed by atoms with Crippen LogP contribution in [-0.2, 0) is 6.54 Å². The Balaban J connectivity index is 1.74. The van der Waals surface area contributed by atoms with Crippen molar-refractivity contribution in [2.45, 2.75) is 32.9 Å². The highest BCUT2D eigenvalue weighted by Gasteiger charge is 2.05. The number of benzene rings is 1. The fourth-order valence-electron chi connectivity index (χ4n) is 2.25. The van der Waals surface area contributed by atoms with Gasteiger partial charge in [-0.1, -0.05) is 38.1 Å². The molecule has 20 heavy (non-hydrogen) atoms. The van der Waals surface area contributed by atoms with Crippen LogP contribution >= 0.6 is 0 Å².